The van der Waals surface area contributed by atoms with Crippen molar-refractivity contribution in [3.8, 4) is 0 Å². The van der Waals surface area contributed by atoms with Crippen LogP contribution in [0.2, 0.25) is 0 Å². The molecule has 0 saturated carbocycles. The lowest BCUT2D eigenvalue weighted by Gasteiger charge is -2.21. The van der Waals surface area contributed by atoms with Crippen LogP contribution in [0.3, 0.4) is 0 Å². The first-order valence-electron chi connectivity index (χ1n) is 7.16. The van der Waals surface area contributed by atoms with Crippen molar-refractivity contribution in [1.29, 1.82) is 0 Å². The summed E-state index contributed by atoms with van der Waals surface area (Å²) < 4.78 is 4.85. The molecule has 0 radical (unpaired) electrons. The zero-order chi connectivity index (χ0) is 16.1. The average molecular weight is 321 g/mol. The third-order valence-corrected chi connectivity index (χ3v) is 5.17. The summed E-state index contributed by atoms with van der Waals surface area (Å²) in [5.41, 5.74) is 0.133. The smallest absolute Gasteiger partial charge is 0.348 e. The number of carbonyl (C=O) groups is 1. The number of thiophene rings is 1. The van der Waals surface area contributed by atoms with E-state index in [-0.39, 0.29) is 5.97 Å². The predicted molar refractivity (Wildman–Crippen MR) is 85.7 cm³/mol. The zero-order valence-electron chi connectivity index (χ0n) is 13.1. The first-order chi connectivity index (χ1) is 10.3. The molecule has 1 N–H and O–H groups in total. The van der Waals surface area contributed by atoms with Gasteiger partial charge in [0.15, 0.2) is 0 Å². The van der Waals surface area contributed by atoms with E-state index >= 15 is 0 Å². The normalized spacial score (nSPS) is 21.6. The van der Waals surface area contributed by atoms with Crippen molar-refractivity contribution in [2.75, 3.05) is 25.1 Å². The van der Waals surface area contributed by atoms with Gasteiger partial charge >= 0.3 is 5.97 Å². The number of fused-ring (bicyclic) bond motifs is 1. The molecule has 0 aliphatic carbocycles. The fourth-order valence-electron chi connectivity index (χ4n) is 2.86. The molecule has 1 atom stereocenters. The van der Waals surface area contributed by atoms with Gasteiger partial charge in [-0.2, -0.15) is 0 Å². The lowest BCUT2D eigenvalue weighted by atomic mass is 10.1. The van der Waals surface area contributed by atoms with Gasteiger partial charge in [0.05, 0.1) is 18.1 Å². The van der Waals surface area contributed by atoms with Gasteiger partial charge in [0.1, 0.15) is 21.3 Å². The van der Waals surface area contributed by atoms with Crippen molar-refractivity contribution >= 4 is 33.3 Å². The summed E-state index contributed by atoms with van der Waals surface area (Å²) in [6, 6.07) is 0. The molecule has 3 heterocycles. The van der Waals surface area contributed by atoms with E-state index in [1.54, 1.807) is 0 Å². The van der Waals surface area contributed by atoms with E-state index in [0.29, 0.717) is 23.7 Å². The van der Waals surface area contributed by atoms with Crippen molar-refractivity contribution < 1.29 is 14.6 Å². The maximum Gasteiger partial charge on any atom is 0.348 e. The van der Waals surface area contributed by atoms with Gasteiger partial charge in [-0.05, 0) is 32.8 Å². The number of β-amino-alcohol motifs (C(OH)–C–C–N with tert-alkyl or cyclic N) is 1. The van der Waals surface area contributed by atoms with Gasteiger partial charge < -0.3 is 14.7 Å². The quantitative estimate of drug-likeness (QED) is 0.853. The molecule has 0 amide bonds. The summed E-state index contributed by atoms with van der Waals surface area (Å²) in [4.78, 5) is 24.3. The number of hydrogen-bond acceptors (Lipinski definition) is 7. The second-order valence-corrected chi connectivity index (χ2v) is 6.99. The fourth-order valence-corrected chi connectivity index (χ4v) is 4.00. The Balaban J connectivity index is 2.18. The molecule has 1 fully saturated rings. The Morgan fingerprint density at radius 2 is 2.14 bits per heavy atom. The van der Waals surface area contributed by atoms with Crippen molar-refractivity contribution in [1.82, 2.24) is 9.97 Å². The molecule has 22 heavy (non-hydrogen) atoms. The standard InChI is InChI=1S/C15H19N3O3S/c1-8-10-12(18-6-5-15(3,20)7-18)16-9(2)17-13(10)22-11(8)14(19)21-4/h20H,5-7H2,1-4H3. The predicted octanol–water partition coefficient (Wildman–Crippen LogP) is 2.06. The fraction of sp³-hybridized carbons (Fsp3) is 0.533. The SMILES string of the molecule is COC(=O)c1sc2nc(C)nc(N3CCC(C)(O)C3)c2c1C. The van der Waals surface area contributed by atoms with Gasteiger partial charge in [-0.1, -0.05) is 0 Å². The maximum absolute atomic E-state index is 11.9. The molecule has 0 bridgehead atoms. The summed E-state index contributed by atoms with van der Waals surface area (Å²) >= 11 is 1.33. The Morgan fingerprint density at radius 3 is 2.73 bits per heavy atom. The molecule has 118 valence electrons. The van der Waals surface area contributed by atoms with E-state index in [4.69, 9.17) is 4.74 Å². The number of methoxy groups -OCH3 is 1. The van der Waals surface area contributed by atoms with Gasteiger partial charge in [-0.25, -0.2) is 14.8 Å². The first kappa shape index (κ1) is 15.2. The van der Waals surface area contributed by atoms with Crippen LogP contribution in [-0.2, 0) is 4.74 Å². The Bertz CT molecular complexity index is 754. The third-order valence-electron chi connectivity index (χ3n) is 4.00. The van der Waals surface area contributed by atoms with E-state index < -0.39 is 5.60 Å². The molecule has 3 rings (SSSR count). The second kappa shape index (κ2) is 5.17. The minimum Gasteiger partial charge on any atom is -0.465 e. The Hall–Kier alpha value is -1.73. The first-order valence-corrected chi connectivity index (χ1v) is 7.97. The van der Waals surface area contributed by atoms with E-state index in [2.05, 4.69) is 14.9 Å². The number of aliphatic hydroxyl groups is 1. The number of aromatic nitrogens is 2. The highest BCUT2D eigenvalue weighted by Gasteiger charge is 2.34. The van der Waals surface area contributed by atoms with E-state index in [9.17, 15) is 9.90 Å². The summed E-state index contributed by atoms with van der Waals surface area (Å²) in [5.74, 6) is 1.11. The van der Waals surface area contributed by atoms with Gasteiger partial charge in [-0.3, -0.25) is 0 Å². The van der Waals surface area contributed by atoms with E-state index in [1.165, 1.54) is 18.4 Å². The van der Waals surface area contributed by atoms with Gasteiger partial charge in [-0.15, -0.1) is 11.3 Å². The highest BCUT2D eigenvalue weighted by Crippen LogP contribution is 2.37. The molecular formula is C15H19N3O3S. The molecule has 7 heteroatoms. The minimum atomic E-state index is -0.708. The largest absolute Gasteiger partial charge is 0.465 e. The van der Waals surface area contributed by atoms with E-state index in [0.717, 1.165) is 28.1 Å². The lowest BCUT2D eigenvalue weighted by Crippen LogP contribution is -2.30. The highest BCUT2D eigenvalue weighted by atomic mass is 32.1. The Kier molecular flexibility index (Phi) is 3.57. The Labute approximate surface area is 132 Å². The monoisotopic (exact) mass is 321 g/mol. The van der Waals surface area contributed by atoms with Crippen LogP contribution in [0.15, 0.2) is 0 Å². The number of anilines is 1. The number of rotatable bonds is 2. The molecule has 2 aromatic heterocycles. The molecular weight excluding hydrogens is 302 g/mol. The van der Waals surface area contributed by atoms with Gasteiger partial charge in [0.25, 0.3) is 0 Å². The second-order valence-electron chi connectivity index (χ2n) is 5.99. The Morgan fingerprint density at radius 1 is 1.41 bits per heavy atom. The maximum atomic E-state index is 11.9. The van der Waals surface area contributed by atoms with Crippen LogP contribution in [-0.4, -0.2) is 46.8 Å². The molecule has 1 aliphatic rings. The number of hydrogen-bond donors (Lipinski definition) is 1. The van der Waals surface area contributed by atoms with Gasteiger partial charge in [0, 0.05) is 13.1 Å². The number of nitrogens with zero attached hydrogens (tertiary/aromatic N) is 3. The van der Waals surface area contributed by atoms with Crippen LogP contribution >= 0.6 is 11.3 Å². The molecule has 1 aliphatic heterocycles. The number of esters is 1. The van der Waals surface area contributed by atoms with Gasteiger partial charge in [0.2, 0.25) is 0 Å². The molecule has 1 unspecified atom stereocenters. The molecule has 0 aromatic carbocycles. The number of ether oxygens (including phenoxy) is 1. The van der Waals surface area contributed by atoms with Crippen LogP contribution in [0, 0.1) is 13.8 Å². The molecule has 1 saturated heterocycles. The number of carbonyl (C=O) groups excluding carboxylic acids is 1. The lowest BCUT2D eigenvalue weighted by molar-refractivity contribution is 0.0605. The zero-order valence-corrected chi connectivity index (χ0v) is 14.0. The number of aryl methyl sites for hydroxylation is 2. The van der Waals surface area contributed by atoms with Crippen molar-refractivity contribution in [3.63, 3.8) is 0 Å². The van der Waals surface area contributed by atoms with Crippen LogP contribution in [0.5, 0.6) is 0 Å². The van der Waals surface area contributed by atoms with Crippen LogP contribution in [0.4, 0.5) is 5.82 Å². The summed E-state index contributed by atoms with van der Waals surface area (Å²) in [5, 5.41) is 11.1. The minimum absolute atomic E-state index is 0.350. The summed E-state index contributed by atoms with van der Waals surface area (Å²) in [6.07, 6.45) is 0.699. The highest BCUT2D eigenvalue weighted by molar-refractivity contribution is 7.20. The van der Waals surface area contributed by atoms with Crippen LogP contribution in [0.25, 0.3) is 10.2 Å². The van der Waals surface area contributed by atoms with E-state index in [1.807, 2.05) is 20.8 Å². The molecule has 6 nitrogen and oxygen atoms in total. The third kappa shape index (κ3) is 2.44. The summed E-state index contributed by atoms with van der Waals surface area (Å²) in [6.45, 7) is 6.83. The van der Waals surface area contributed by atoms with Crippen molar-refractivity contribution in [2.24, 2.45) is 0 Å². The topological polar surface area (TPSA) is 75.5 Å². The summed E-state index contributed by atoms with van der Waals surface area (Å²) in [7, 11) is 1.38. The molecule has 2 aromatic rings. The van der Waals surface area contributed by atoms with Crippen molar-refractivity contribution in [3.05, 3.63) is 16.3 Å². The molecule has 0 spiro atoms. The van der Waals surface area contributed by atoms with Crippen LogP contribution < -0.4 is 4.90 Å². The van der Waals surface area contributed by atoms with Crippen LogP contribution in [0.1, 0.15) is 34.4 Å². The van der Waals surface area contributed by atoms with Crippen molar-refractivity contribution in [2.45, 2.75) is 32.8 Å². The average Bonchev–Trinajstić information content (AvgIpc) is 2.97.